The zero-order valence-corrected chi connectivity index (χ0v) is 11.1. The van der Waals surface area contributed by atoms with Crippen molar-refractivity contribution in [3.8, 4) is 0 Å². The molecular weight excluding hydrogens is 245 g/mol. The highest BCUT2D eigenvalue weighted by Gasteiger charge is 2.17. The molecule has 0 radical (unpaired) electrons. The van der Waals surface area contributed by atoms with E-state index in [1.165, 1.54) is 12.1 Å². The summed E-state index contributed by atoms with van der Waals surface area (Å²) in [5.41, 5.74) is 2.52. The molecule has 1 unspecified atom stereocenters. The van der Waals surface area contributed by atoms with Gasteiger partial charge in [-0.25, -0.2) is 4.39 Å². The number of hydrogen-bond donors (Lipinski definition) is 2. The monoisotopic (exact) mass is 263 g/mol. The lowest BCUT2D eigenvalue weighted by Gasteiger charge is -2.17. The molecule has 19 heavy (non-hydrogen) atoms. The van der Waals surface area contributed by atoms with Gasteiger partial charge in [0.2, 0.25) is 0 Å². The number of aliphatic hydroxyl groups is 1. The van der Waals surface area contributed by atoms with Crippen LogP contribution in [0.15, 0.2) is 30.5 Å². The van der Waals surface area contributed by atoms with Crippen LogP contribution in [0.1, 0.15) is 24.2 Å². The summed E-state index contributed by atoms with van der Waals surface area (Å²) in [6.45, 7) is 1.94. The molecule has 1 atom stereocenters. The van der Waals surface area contributed by atoms with E-state index in [1.807, 2.05) is 20.2 Å². The summed E-state index contributed by atoms with van der Waals surface area (Å²) in [7, 11) is 1.85. The van der Waals surface area contributed by atoms with Crippen LogP contribution in [-0.2, 0) is 13.5 Å². The first-order valence-electron chi connectivity index (χ1n) is 6.29. The highest BCUT2D eigenvalue weighted by Crippen LogP contribution is 2.22. The number of anilines is 1. The molecule has 0 aliphatic heterocycles. The van der Waals surface area contributed by atoms with Crippen LogP contribution in [0, 0.1) is 5.82 Å². The largest absolute Gasteiger partial charge is 0.394 e. The molecule has 0 fully saturated rings. The van der Waals surface area contributed by atoms with Crippen LogP contribution in [0.3, 0.4) is 0 Å². The van der Waals surface area contributed by atoms with Crippen molar-refractivity contribution in [3.63, 3.8) is 0 Å². The van der Waals surface area contributed by atoms with Gasteiger partial charge in [-0.1, -0.05) is 13.0 Å². The molecule has 4 nitrogen and oxygen atoms in total. The van der Waals surface area contributed by atoms with E-state index in [0.29, 0.717) is 5.69 Å². The molecule has 2 aromatic rings. The number of aliphatic hydroxyl groups excluding tert-OH is 1. The van der Waals surface area contributed by atoms with Crippen molar-refractivity contribution in [1.29, 1.82) is 0 Å². The maximum Gasteiger partial charge on any atom is 0.125 e. The minimum absolute atomic E-state index is 0.0742. The fourth-order valence-electron chi connectivity index (χ4n) is 2.12. The topological polar surface area (TPSA) is 50.1 Å². The van der Waals surface area contributed by atoms with E-state index in [2.05, 4.69) is 10.4 Å². The highest BCUT2D eigenvalue weighted by molar-refractivity contribution is 5.46. The predicted molar refractivity (Wildman–Crippen MR) is 72.4 cm³/mol. The van der Waals surface area contributed by atoms with E-state index < -0.39 is 0 Å². The van der Waals surface area contributed by atoms with Gasteiger partial charge in [-0.2, -0.15) is 5.10 Å². The van der Waals surface area contributed by atoms with Crippen molar-refractivity contribution in [2.24, 2.45) is 7.05 Å². The van der Waals surface area contributed by atoms with Gasteiger partial charge in [-0.3, -0.25) is 4.68 Å². The van der Waals surface area contributed by atoms with Crippen molar-refractivity contribution in [1.82, 2.24) is 9.78 Å². The van der Waals surface area contributed by atoms with Gasteiger partial charge < -0.3 is 10.4 Å². The quantitative estimate of drug-likeness (QED) is 0.870. The Morgan fingerprint density at radius 3 is 2.89 bits per heavy atom. The molecule has 0 aliphatic carbocycles. The molecule has 0 spiro atoms. The van der Waals surface area contributed by atoms with Gasteiger partial charge in [0, 0.05) is 24.5 Å². The normalized spacial score (nSPS) is 12.4. The molecule has 0 saturated carbocycles. The van der Waals surface area contributed by atoms with E-state index in [-0.39, 0.29) is 18.5 Å². The lowest BCUT2D eigenvalue weighted by molar-refractivity contribution is 0.276. The lowest BCUT2D eigenvalue weighted by Crippen LogP contribution is -2.15. The Morgan fingerprint density at radius 2 is 2.26 bits per heavy atom. The van der Waals surface area contributed by atoms with Gasteiger partial charge in [-0.15, -0.1) is 0 Å². The zero-order chi connectivity index (χ0) is 13.8. The van der Waals surface area contributed by atoms with Gasteiger partial charge in [0.25, 0.3) is 0 Å². The molecule has 0 amide bonds. The molecule has 0 saturated heterocycles. The molecule has 102 valence electrons. The summed E-state index contributed by atoms with van der Waals surface area (Å²) in [6, 6.07) is 5.92. The minimum Gasteiger partial charge on any atom is -0.394 e. The van der Waals surface area contributed by atoms with E-state index in [0.717, 1.165) is 17.7 Å². The Labute approximate surface area is 111 Å². The van der Waals surface area contributed by atoms with Crippen LogP contribution in [-0.4, -0.2) is 21.5 Å². The van der Waals surface area contributed by atoms with Crippen LogP contribution in [0.2, 0.25) is 0 Å². The number of aromatic nitrogens is 2. The third-order valence-corrected chi connectivity index (χ3v) is 3.00. The highest BCUT2D eigenvalue weighted by atomic mass is 19.1. The van der Waals surface area contributed by atoms with E-state index in [4.69, 9.17) is 0 Å². The average molecular weight is 263 g/mol. The van der Waals surface area contributed by atoms with Gasteiger partial charge in [0.1, 0.15) is 5.82 Å². The van der Waals surface area contributed by atoms with E-state index in [9.17, 15) is 9.50 Å². The van der Waals surface area contributed by atoms with E-state index >= 15 is 0 Å². The second-order valence-electron chi connectivity index (χ2n) is 4.45. The minimum atomic E-state index is -0.302. The first-order valence-corrected chi connectivity index (χ1v) is 6.29. The van der Waals surface area contributed by atoms with Gasteiger partial charge in [0.15, 0.2) is 0 Å². The second kappa shape index (κ2) is 5.84. The summed E-state index contributed by atoms with van der Waals surface area (Å²) in [4.78, 5) is 0. The van der Waals surface area contributed by atoms with Crippen molar-refractivity contribution in [2.75, 3.05) is 11.9 Å². The third-order valence-electron chi connectivity index (χ3n) is 3.00. The zero-order valence-electron chi connectivity index (χ0n) is 11.1. The maximum atomic E-state index is 13.2. The van der Waals surface area contributed by atoms with Crippen molar-refractivity contribution in [2.45, 2.75) is 19.4 Å². The van der Waals surface area contributed by atoms with Gasteiger partial charge in [-0.05, 0) is 24.6 Å². The summed E-state index contributed by atoms with van der Waals surface area (Å²) >= 11 is 0. The van der Waals surface area contributed by atoms with Gasteiger partial charge in [0.05, 0.1) is 18.3 Å². The molecule has 0 bridgehead atoms. The first-order chi connectivity index (χ1) is 9.13. The predicted octanol–water partition coefficient (Wildman–Crippen LogP) is 2.27. The maximum absolute atomic E-state index is 13.2. The third kappa shape index (κ3) is 3.12. The molecule has 1 aromatic heterocycles. The number of hydrogen-bond acceptors (Lipinski definition) is 3. The molecule has 5 heteroatoms. The number of rotatable bonds is 5. The number of halogens is 1. The lowest BCUT2D eigenvalue weighted by atomic mass is 10.1. The van der Waals surface area contributed by atoms with Gasteiger partial charge >= 0.3 is 0 Å². The smallest absolute Gasteiger partial charge is 0.125 e. The Morgan fingerprint density at radius 1 is 1.47 bits per heavy atom. The molecule has 2 rings (SSSR count). The Hall–Kier alpha value is -1.88. The molecular formula is C14H18FN3O. The SMILES string of the molecule is CCc1nn(C)cc1C(CO)Nc1cccc(F)c1. The van der Waals surface area contributed by atoms with E-state index in [1.54, 1.807) is 16.8 Å². The number of benzene rings is 1. The molecule has 2 N–H and O–H groups in total. The first kappa shape index (κ1) is 13.5. The van der Waals surface area contributed by atoms with Crippen molar-refractivity contribution >= 4 is 5.69 Å². The van der Waals surface area contributed by atoms with Crippen molar-refractivity contribution in [3.05, 3.63) is 47.5 Å². The Kier molecular flexibility index (Phi) is 4.16. The summed E-state index contributed by atoms with van der Waals surface area (Å²) in [5.74, 6) is -0.302. The average Bonchev–Trinajstić information content (AvgIpc) is 2.77. The van der Waals surface area contributed by atoms with Crippen LogP contribution < -0.4 is 5.32 Å². The van der Waals surface area contributed by atoms with Crippen LogP contribution in [0.4, 0.5) is 10.1 Å². The number of aryl methyl sites for hydroxylation is 2. The summed E-state index contributed by atoms with van der Waals surface area (Å²) in [6.07, 6.45) is 2.67. The molecule has 1 aromatic carbocycles. The summed E-state index contributed by atoms with van der Waals surface area (Å²) in [5, 5.41) is 17.0. The second-order valence-corrected chi connectivity index (χ2v) is 4.45. The Bertz CT molecular complexity index is 553. The van der Waals surface area contributed by atoms with Crippen LogP contribution >= 0.6 is 0 Å². The molecule has 1 heterocycles. The Balaban J connectivity index is 2.24. The number of nitrogens with one attached hydrogen (secondary N) is 1. The van der Waals surface area contributed by atoms with Crippen molar-refractivity contribution < 1.29 is 9.50 Å². The van der Waals surface area contributed by atoms with Crippen LogP contribution in [0.5, 0.6) is 0 Å². The molecule has 0 aliphatic rings. The fourth-order valence-corrected chi connectivity index (χ4v) is 2.12. The van der Waals surface area contributed by atoms with Crippen LogP contribution in [0.25, 0.3) is 0 Å². The summed E-state index contributed by atoms with van der Waals surface area (Å²) < 4.78 is 14.9. The number of nitrogens with zero attached hydrogens (tertiary/aromatic N) is 2. The standard InChI is InChI=1S/C14H18FN3O/c1-3-13-12(8-18(2)17-13)14(9-19)16-11-6-4-5-10(15)7-11/h4-8,14,16,19H,3,9H2,1-2H3. The fraction of sp³-hybridized carbons (Fsp3) is 0.357.